The summed E-state index contributed by atoms with van der Waals surface area (Å²) in [6.07, 6.45) is 3.05. The minimum absolute atomic E-state index is 0.379. The fraction of sp³-hybridized carbons (Fsp3) is 0.438. The second kappa shape index (κ2) is 6.84. The van der Waals surface area contributed by atoms with Crippen molar-refractivity contribution >= 4 is 17.6 Å². The molecule has 1 aromatic carbocycles. The lowest BCUT2D eigenvalue weighted by molar-refractivity contribution is 0.675. The zero-order valence-corrected chi connectivity index (χ0v) is 13.3. The van der Waals surface area contributed by atoms with Gasteiger partial charge in [-0.15, -0.1) is 0 Å². The number of nitrogens with zero attached hydrogens (tertiary/aromatic N) is 2. The van der Waals surface area contributed by atoms with Gasteiger partial charge in [-0.3, -0.25) is 0 Å². The topological polar surface area (TPSA) is 43.8 Å². The summed E-state index contributed by atoms with van der Waals surface area (Å²) in [4.78, 5) is 4.77. The van der Waals surface area contributed by atoms with Gasteiger partial charge in [0.25, 0.3) is 0 Å². The van der Waals surface area contributed by atoms with Gasteiger partial charge in [-0.25, -0.2) is 4.98 Å². The molecule has 1 aromatic heterocycles. The zero-order valence-electron chi connectivity index (χ0n) is 12.5. The molecule has 0 aliphatic carbocycles. The lowest BCUT2D eigenvalue weighted by Gasteiger charge is -2.12. The van der Waals surface area contributed by atoms with Crippen molar-refractivity contribution in [3.8, 4) is 0 Å². The van der Waals surface area contributed by atoms with Crippen LogP contribution < -0.4 is 5.73 Å². The molecule has 0 saturated heterocycles. The number of rotatable bonds is 6. The summed E-state index contributed by atoms with van der Waals surface area (Å²) in [5.74, 6) is 3.35. The first-order valence-corrected chi connectivity index (χ1v) is 8.40. The van der Waals surface area contributed by atoms with Crippen molar-refractivity contribution in [2.24, 2.45) is 0 Å². The molecular weight excluding hydrogens is 266 g/mol. The Balaban J connectivity index is 2.32. The van der Waals surface area contributed by atoms with Crippen molar-refractivity contribution in [2.45, 2.75) is 32.7 Å². The van der Waals surface area contributed by atoms with Crippen LogP contribution in [0.5, 0.6) is 0 Å². The molecule has 0 aliphatic rings. The summed E-state index contributed by atoms with van der Waals surface area (Å²) < 4.78 is 2.16. The third-order valence-electron chi connectivity index (χ3n) is 3.36. The standard InChI is InChI=1S/C16H23N3S/c1-12(2)16-18-14(9-10-20-3)15(17)19(16)11-13-7-5-4-6-8-13/h4-8,12H,9-11,17H2,1-3H3. The molecule has 2 rings (SSSR count). The number of aromatic nitrogens is 2. The highest BCUT2D eigenvalue weighted by atomic mass is 32.2. The van der Waals surface area contributed by atoms with Crippen LogP contribution in [0, 0.1) is 0 Å². The largest absolute Gasteiger partial charge is 0.384 e. The van der Waals surface area contributed by atoms with E-state index in [0.29, 0.717) is 5.92 Å². The van der Waals surface area contributed by atoms with Crippen molar-refractivity contribution in [3.63, 3.8) is 0 Å². The smallest absolute Gasteiger partial charge is 0.127 e. The van der Waals surface area contributed by atoms with E-state index in [0.717, 1.165) is 36.1 Å². The van der Waals surface area contributed by atoms with Gasteiger partial charge in [0.2, 0.25) is 0 Å². The summed E-state index contributed by atoms with van der Waals surface area (Å²) in [5, 5.41) is 0. The van der Waals surface area contributed by atoms with Crippen molar-refractivity contribution < 1.29 is 0 Å². The number of aryl methyl sites for hydroxylation is 1. The lowest BCUT2D eigenvalue weighted by Crippen LogP contribution is -2.09. The quantitative estimate of drug-likeness (QED) is 0.884. The third kappa shape index (κ3) is 3.37. The first kappa shape index (κ1) is 15.0. The summed E-state index contributed by atoms with van der Waals surface area (Å²) in [6.45, 7) is 5.13. The molecule has 20 heavy (non-hydrogen) atoms. The van der Waals surface area contributed by atoms with Crippen LogP contribution in [-0.2, 0) is 13.0 Å². The van der Waals surface area contributed by atoms with E-state index >= 15 is 0 Å². The normalized spacial score (nSPS) is 11.2. The maximum atomic E-state index is 6.32. The van der Waals surface area contributed by atoms with E-state index in [1.807, 2.05) is 17.8 Å². The fourth-order valence-electron chi connectivity index (χ4n) is 2.29. The Hall–Kier alpha value is -1.42. The minimum atomic E-state index is 0.379. The number of hydrogen-bond donors (Lipinski definition) is 1. The highest BCUT2D eigenvalue weighted by Crippen LogP contribution is 2.23. The number of nitrogens with two attached hydrogens (primary N) is 1. The summed E-state index contributed by atoms with van der Waals surface area (Å²) in [6, 6.07) is 10.4. The number of anilines is 1. The summed E-state index contributed by atoms with van der Waals surface area (Å²) >= 11 is 1.83. The molecule has 0 fully saturated rings. The molecule has 0 saturated carbocycles. The SMILES string of the molecule is CSCCc1nc(C(C)C)n(Cc2ccccc2)c1N. The molecule has 3 nitrogen and oxygen atoms in total. The van der Waals surface area contributed by atoms with Gasteiger partial charge in [0, 0.05) is 12.3 Å². The summed E-state index contributed by atoms with van der Waals surface area (Å²) in [7, 11) is 0. The predicted molar refractivity (Wildman–Crippen MR) is 88.4 cm³/mol. The van der Waals surface area contributed by atoms with Gasteiger partial charge in [-0.05, 0) is 17.6 Å². The van der Waals surface area contributed by atoms with E-state index in [1.54, 1.807) is 0 Å². The van der Waals surface area contributed by atoms with Gasteiger partial charge in [0.05, 0.1) is 12.2 Å². The zero-order chi connectivity index (χ0) is 14.5. The second-order valence-electron chi connectivity index (χ2n) is 5.27. The maximum Gasteiger partial charge on any atom is 0.127 e. The van der Waals surface area contributed by atoms with Crippen molar-refractivity contribution in [2.75, 3.05) is 17.7 Å². The lowest BCUT2D eigenvalue weighted by atomic mass is 10.2. The van der Waals surface area contributed by atoms with Crippen LogP contribution in [0.3, 0.4) is 0 Å². The number of benzene rings is 1. The molecule has 0 aliphatic heterocycles. The number of imidazole rings is 1. The van der Waals surface area contributed by atoms with E-state index < -0.39 is 0 Å². The molecule has 0 radical (unpaired) electrons. The Morgan fingerprint density at radius 3 is 2.55 bits per heavy atom. The van der Waals surface area contributed by atoms with Gasteiger partial charge < -0.3 is 10.3 Å². The second-order valence-corrected chi connectivity index (χ2v) is 6.26. The molecule has 0 atom stereocenters. The van der Waals surface area contributed by atoms with Crippen LogP contribution in [0.25, 0.3) is 0 Å². The minimum Gasteiger partial charge on any atom is -0.384 e. The predicted octanol–water partition coefficient (Wildman–Crippen LogP) is 3.54. The Kier molecular flexibility index (Phi) is 5.12. The van der Waals surface area contributed by atoms with Crippen LogP contribution in [0.1, 0.15) is 36.8 Å². The Labute approximate surface area is 125 Å². The van der Waals surface area contributed by atoms with E-state index in [2.05, 4.69) is 48.9 Å². The van der Waals surface area contributed by atoms with Gasteiger partial charge in [-0.2, -0.15) is 11.8 Å². The van der Waals surface area contributed by atoms with E-state index in [1.165, 1.54) is 5.56 Å². The average molecular weight is 289 g/mol. The molecule has 1 heterocycles. The van der Waals surface area contributed by atoms with Crippen LogP contribution >= 0.6 is 11.8 Å². The molecular formula is C16H23N3S. The third-order valence-corrected chi connectivity index (χ3v) is 3.97. The first-order chi connectivity index (χ1) is 9.63. The van der Waals surface area contributed by atoms with E-state index in [9.17, 15) is 0 Å². The summed E-state index contributed by atoms with van der Waals surface area (Å²) in [5.41, 5.74) is 8.62. The molecule has 0 unspecified atom stereocenters. The highest BCUT2D eigenvalue weighted by Gasteiger charge is 2.16. The fourth-order valence-corrected chi connectivity index (χ4v) is 2.69. The average Bonchev–Trinajstić information content (AvgIpc) is 2.75. The Morgan fingerprint density at radius 1 is 1.25 bits per heavy atom. The number of hydrogen-bond acceptors (Lipinski definition) is 3. The molecule has 0 bridgehead atoms. The van der Waals surface area contributed by atoms with Crippen LogP contribution in [0.2, 0.25) is 0 Å². The highest BCUT2D eigenvalue weighted by molar-refractivity contribution is 7.98. The maximum absolute atomic E-state index is 6.32. The Morgan fingerprint density at radius 2 is 1.95 bits per heavy atom. The van der Waals surface area contributed by atoms with Gasteiger partial charge in [-0.1, -0.05) is 44.2 Å². The van der Waals surface area contributed by atoms with Gasteiger partial charge >= 0.3 is 0 Å². The Bertz CT molecular complexity index is 546. The van der Waals surface area contributed by atoms with E-state index in [4.69, 9.17) is 10.7 Å². The van der Waals surface area contributed by atoms with Crippen LogP contribution in [-0.4, -0.2) is 21.6 Å². The first-order valence-electron chi connectivity index (χ1n) is 7.01. The van der Waals surface area contributed by atoms with Crippen molar-refractivity contribution in [1.29, 1.82) is 0 Å². The van der Waals surface area contributed by atoms with Crippen LogP contribution in [0.4, 0.5) is 5.82 Å². The van der Waals surface area contributed by atoms with E-state index in [-0.39, 0.29) is 0 Å². The monoisotopic (exact) mass is 289 g/mol. The van der Waals surface area contributed by atoms with Crippen molar-refractivity contribution in [1.82, 2.24) is 9.55 Å². The number of nitrogen functional groups attached to an aromatic ring is 1. The molecule has 0 amide bonds. The van der Waals surface area contributed by atoms with Crippen LogP contribution in [0.15, 0.2) is 30.3 Å². The molecule has 4 heteroatoms. The molecule has 108 valence electrons. The number of thioether (sulfide) groups is 1. The van der Waals surface area contributed by atoms with Gasteiger partial charge in [0.15, 0.2) is 0 Å². The van der Waals surface area contributed by atoms with Gasteiger partial charge in [0.1, 0.15) is 11.6 Å². The molecule has 2 N–H and O–H groups in total. The molecule has 2 aromatic rings. The van der Waals surface area contributed by atoms with Crippen molar-refractivity contribution in [3.05, 3.63) is 47.4 Å². The molecule has 0 spiro atoms.